The molecule has 0 saturated carbocycles. The Kier molecular flexibility index (Phi) is 7.46. The zero-order chi connectivity index (χ0) is 37.0. The Bertz CT molecular complexity index is 3090. The third-order valence-electron chi connectivity index (χ3n) is 10.7. The third-order valence-corrected chi connectivity index (χ3v) is 10.7. The van der Waals surface area contributed by atoms with Crippen LogP contribution in [0.4, 0.5) is 0 Å². The van der Waals surface area contributed by atoms with Gasteiger partial charge in [-0.15, -0.1) is 0 Å². The number of hydrogen-bond donors (Lipinski definition) is 0. The molecule has 0 fully saturated rings. The van der Waals surface area contributed by atoms with Gasteiger partial charge in [-0.2, -0.15) is 0 Å². The van der Waals surface area contributed by atoms with Gasteiger partial charge >= 0.3 is 0 Å². The Labute approximate surface area is 323 Å². The number of furan rings is 2. The summed E-state index contributed by atoms with van der Waals surface area (Å²) in [5.74, 6) is 0.655. The maximum Gasteiger partial charge on any atom is 0.160 e. The van der Waals surface area contributed by atoms with Gasteiger partial charge in [-0.1, -0.05) is 146 Å². The monoisotopic (exact) mass is 716 g/mol. The highest BCUT2D eigenvalue weighted by atomic mass is 16.3. The van der Waals surface area contributed by atoms with Gasteiger partial charge in [-0.05, 0) is 81.9 Å². The summed E-state index contributed by atoms with van der Waals surface area (Å²) in [6.07, 6.45) is 0. The molecule has 0 atom stereocenters. The standard InChI is InChI=1S/C52H32N2O2/c1-2-13-33(14-3-1)34-15-8-18-37(29-34)44-32-45(38-19-9-16-35(30-38)40-23-11-27-48-50(40)42-21-4-6-25-46(42)55-48)54-52(53-44)39-20-10-17-36(31-39)41-24-12-28-49-51(41)43-22-5-7-26-47(43)56-49/h1-32H. The van der Waals surface area contributed by atoms with Gasteiger partial charge in [0.1, 0.15) is 22.3 Å². The number of aromatic nitrogens is 2. The van der Waals surface area contributed by atoms with E-state index in [2.05, 4.69) is 152 Å². The molecule has 11 aromatic rings. The van der Waals surface area contributed by atoms with E-state index >= 15 is 0 Å². The number of para-hydroxylation sites is 2. The van der Waals surface area contributed by atoms with E-state index in [0.717, 1.165) is 105 Å². The maximum absolute atomic E-state index is 6.26. The summed E-state index contributed by atoms with van der Waals surface area (Å²) in [4.78, 5) is 10.6. The number of hydrogen-bond acceptors (Lipinski definition) is 4. The molecular weight excluding hydrogens is 685 g/mol. The van der Waals surface area contributed by atoms with Crippen LogP contribution in [0.2, 0.25) is 0 Å². The predicted molar refractivity (Wildman–Crippen MR) is 229 cm³/mol. The van der Waals surface area contributed by atoms with Crippen LogP contribution in [0.5, 0.6) is 0 Å². The van der Waals surface area contributed by atoms with Crippen LogP contribution in [0.15, 0.2) is 203 Å². The van der Waals surface area contributed by atoms with Crippen LogP contribution in [0, 0.1) is 0 Å². The van der Waals surface area contributed by atoms with Gasteiger partial charge in [0.05, 0.1) is 11.4 Å². The summed E-state index contributed by atoms with van der Waals surface area (Å²) in [6.45, 7) is 0. The molecule has 0 aliphatic carbocycles. The molecule has 3 aromatic heterocycles. The molecule has 0 saturated heterocycles. The van der Waals surface area contributed by atoms with E-state index in [1.54, 1.807) is 0 Å². The van der Waals surface area contributed by atoms with Crippen molar-refractivity contribution in [2.75, 3.05) is 0 Å². The number of fused-ring (bicyclic) bond motifs is 6. The van der Waals surface area contributed by atoms with Crippen LogP contribution in [0.25, 0.3) is 111 Å². The van der Waals surface area contributed by atoms with Gasteiger partial charge in [0, 0.05) is 38.2 Å². The lowest BCUT2D eigenvalue weighted by atomic mass is 9.96. The molecule has 0 aliphatic rings. The lowest BCUT2D eigenvalue weighted by molar-refractivity contribution is 0.668. The van der Waals surface area contributed by atoms with E-state index in [-0.39, 0.29) is 0 Å². The average Bonchev–Trinajstić information content (AvgIpc) is 3.86. The molecule has 4 heteroatoms. The molecule has 56 heavy (non-hydrogen) atoms. The van der Waals surface area contributed by atoms with Crippen LogP contribution in [-0.2, 0) is 0 Å². The zero-order valence-electron chi connectivity index (χ0n) is 30.2. The second-order valence-corrected chi connectivity index (χ2v) is 14.1. The van der Waals surface area contributed by atoms with Crippen molar-refractivity contribution < 1.29 is 8.83 Å². The third kappa shape index (κ3) is 5.47. The van der Waals surface area contributed by atoms with Crippen molar-refractivity contribution in [2.45, 2.75) is 0 Å². The molecule has 11 rings (SSSR count). The van der Waals surface area contributed by atoms with Crippen molar-refractivity contribution >= 4 is 43.9 Å². The minimum absolute atomic E-state index is 0.655. The lowest BCUT2D eigenvalue weighted by Gasteiger charge is -2.13. The summed E-state index contributed by atoms with van der Waals surface area (Å²) in [5, 5.41) is 4.42. The molecule has 0 spiro atoms. The zero-order valence-corrected chi connectivity index (χ0v) is 30.2. The fourth-order valence-corrected chi connectivity index (χ4v) is 8.06. The lowest BCUT2D eigenvalue weighted by Crippen LogP contribution is -1.97. The van der Waals surface area contributed by atoms with Gasteiger partial charge in [0.2, 0.25) is 0 Å². The van der Waals surface area contributed by atoms with E-state index in [0.29, 0.717) is 5.82 Å². The fourth-order valence-electron chi connectivity index (χ4n) is 8.06. The number of rotatable bonds is 6. The molecule has 4 nitrogen and oxygen atoms in total. The van der Waals surface area contributed by atoms with E-state index in [4.69, 9.17) is 18.8 Å². The van der Waals surface area contributed by atoms with E-state index in [9.17, 15) is 0 Å². The van der Waals surface area contributed by atoms with Gasteiger partial charge in [-0.25, -0.2) is 9.97 Å². The maximum atomic E-state index is 6.26. The molecule has 0 unspecified atom stereocenters. The molecule has 262 valence electrons. The van der Waals surface area contributed by atoms with Gasteiger partial charge < -0.3 is 8.83 Å². The highest BCUT2D eigenvalue weighted by Crippen LogP contribution is 2.40. The quantitative estimate of drug-likeness (QED) is 0.172. The molecule has 0 amide bonds. The SMILES string of the molecule is c1ccc(-c2cccc(-c3cc(-c4cccc(-c5cccc6oc7ccccc7c56)c4)nc(-c4cccc(-c5cccc6oc7ccccc7c56)c4)n3)c2)cc1. The van der Waals surface area contributed by atoms with Crippen LogP contribution >= 0.6 is 0 Å². The highest BCUT2D eigenvalue weighted by Gasteiger charge is 2.17. The van der Waals surface area contributed by atoms with Crippen LogP contribution < -0.4 is 0 Å². The van der Waals surface area contributed by atoms with Crippen molar-refractivity contribution in [2.24, 2.45) is 0 Å². The minimum Gasteiger partial charge on any atom is -0.456 e. The van der Waals surface area contributed by atoms with Crippen LogP contribution in [-0.4, -0.2) is 9.97 Å². The largest absolute Gasteiger partial charge is 0.456 e. The van der Waals surface area contributed by atoms with Gasteiger partial charge in [0.25, 0.3) is 0 Å². The first-order valence-electron chi connectivity index (χ1n) is 18.8. The molecule has 0 radical (unpaired) electrons. The van der Waals surface area contributed by atoms with E-state index in [1.165, 1.54) is 0 Å². The van der Waals surface area contributed by atoms with Crippen LogP contribution in [0.1, 0.15) is 0 Å². The van der Waals surface area contributed by atoms with Crippen molar-refractivity contribution in [1.29, 1.82) is 0 Å². The molecule has 0 bridgehead atoms. The minimum atomic E-state index is 0.655. The average molecular weight is 717 g/mol. The van der Waals surface area contributed by atoms with Crippen molar-refractivity contribution in [3.05, 3.63) is 194 Å². The fraction of sp³-hybridized carbons (Fsp3) is 0. The predicted octanol–water partition coefficient (Wildman–Crippen LogP) is 14.3. The molecular formula is C52H32N2O2. The number of nitrogens with zero attached hydrogens (tertiary/aromatic N) is 2. The Morgan fingerprint density at radius 3 is 1.29 bits per heavy atom. The summed E-state index contributed by atoms with van der Waals surface area (Å²) >= 11 is 0. The summed E-state index contributed by atoms with van der Waals surface area (Å²) in [6, 6.07) is 67.3. The topological polar surface area (TPSA) is 52.1 Å². The van der Waals surface area contributed by atoms with Crippen molar-refractivity contribution in [3.8, 4) is 67.3 Å². The van der Waals surface area contributed by atoms with Crippen LogP contribution in [0.3, 0.4) is 0 Å². The first kappa shape index (κ1) is 31.9. The molecule has 8 aromatic carbocycles. The van der Waals surface area contributed by atoms with E-state index in [1.807, 2.05) is 42.5 Å². The first-order valence-corrected chi connectivity index (χ1v) is 18.8. The Hall–Kier alpha value is -7.56. The Morgan fingerprint density at radius 2 is 0.696 bits per heavy atom. The number of benzene rings is 8. The summed E-state index contributed by atoms with van der Waals surface area (Å²) in [7, 11) is 0. The van der Waals surface area contributed by atoms with Gasteiger partial charge in [-0.3, -0.25) is 0 Å². The molecule has 0 aliphatic heterocycles. The van der Waals surface area contributed by atoms with Crippen molar-refractivity contribution in [3.63, 3.8) is 0 Å². The highest BCUT2D eigenvalue weighted by molar-refractivity contribution is 6.13. The Balaban J connectivity index is 1.08. The Morgan fingerprint density at radius 1 is 0.286 bits per heavy atom. The van der Waals surface area contributed by atoms with E-state index < -0.39 is 0 Å². The normalized spacial score (nSPS) is 11.6. The molecule has 0 N–H and O–H groups in total. The second-order valence-electron chi connectivity index (χ2n) is 14.1. The first-order chi connectivity index (χ1) is 27.7. The smallest absolute Gasteiger partial charge is 0.160 e. The summed E-state index contributed by atoms with van der Waals surface area (Å²) in [5.41, 5.74) is 14.8. The summed E-state index contributed by atoms with van der Waals surface area (Å²) < 4.78 is 12.5. The van der Waals surface area contributed by atoms with Gasteiger partial charge in [0.15, 0.2) is 5.82 Å². The second kappa shape index (κ2) is 13.1. The molecule has 3 heterocycles. The van der Waals surface area contributed by atoms with Crippen molar-refractivity contribution in [1.82, 2.24) is 9.97 Å².